The van der Waals surface area contributed by atoms with Gasteiger partial charge in [-0.2, -0.15) is 0 Å². The maximum absolute atomic E-state index is 9.93. The van der Waals surface area contributed by atoms with Crippen LogP contribution in [0.5, 0.6) is 0 Å². The van der Waals surface area contributed by atoms with Crippen LogP contribution in [0.4, 0.5) is 0 Å². The Labute approximate surface area is 178 Å². The van der Waals surface area contributed by atoms with Crippen LogP contribution in [0.15, 0.2) is 12.2 Å². The molecule has 0 aromatic carbocycles. The first-order chi connectivity index (χ1) is 14.1. The van der Waals surface area contributed by atoms with Crippen molar-refractivity contribution in [1.29, 1.82) is 0 Å². The molecule has 0 fully saturated rings. The average molecular weight is 407 g/mol. The van der Waals surface area contributed by atoms with Gasteiger partial charge in [0, 0.05) is 0 Å². The fourth-order valence-corrected chi connectivity index (χ4v) is 3.08. The highest BCUT2D eigenvalue weighted by atomic mass is 16.4. The SMILES string of the molecule is CCCCCCCCC=CCCCCCCC[C@H](O)[C@@H](O)[C@H](O)C#CC#CCO. The quantitative estimate of drug-likeness (QED) is 0.166. The van der Waals surface area contributed by atoms with Crippen LogP contribution in [0.1, 0.15) is 96.8 Å². The van der Waals surface area contributed by atoms with Gasteiger partial charge < -0.3 is 20.4 Å². The normalized spacial score (nSPS) is 14.0. The van der Waals surface area contributed by atoms with Crippen molar-refractivity contribution in [2.45, 2.75) is 115 Å². The van der Waals surface area contributed by atoms with E-state index in [2.05, 4.69) is 42.8 Å². The molecule has 0 aromatic rings. The van der Waals surface area contributed by atoms with Crippen LogP contribution < -0.4 is 0 Å². The molecule has 0 aromatic heterocycles. The molecule has 4 nitrogen and oxygen atoms in total. The molecule has 0 aliphatic heterocycles. The zero-order valence-corrected chi connectivity index (χ0v) is 18.3. The summed E-state index contributed by atoms with van der Waals surface area (Å²) in [6.45, 7) is 1.95. The molecule has 3 atom stereocenters. The van der Waals surface area contributed by atoms with E-state index in [4.69, 9.17) is 5.11 Å². The van der Waals surface area contributed by atoms with Gasteiger partial charge in [0.05, 0.1) is 6.10 Å². The van der Waals surface area contributed by atoms with Gasteiger partial charge in [-0.25, -0.2) is 0 Å². The molecule has 166 valence electrons. The van der Waals surface area contributed by atoms with Crippen molar-refractivity contribution in [2.24, 2.45) is 0 Å². The molecule has 0 amide bonds. The summed E-state index contributed by atoms with van der Waals surface area (Å²) in [5.41, 5.74) is 0. The Kier molecular flexibility index (Phi) is 20.5. The number of hydrogen-bond acceptors (Lipinski definition) is 4. The maximum Gasteiger partial charge on any atom is 0.144 e. The molecule has 0 bridgehead atoms. The lowest BCUT2D eigenvalue weighted by Crippen LogP contribution is -2.36. The summed E-state index contributed by atoms with van der Waals surface area (Å²) in [5.74, 6) is 9.37. The van der Waals surface area contributed by atoms with Crippen molar-refractivity contribution < 1.29 is 20.4 Å². The minimum Gasteiger partial charge on any atom is -0.390 e. The van der Waals surface area contributed by atoms with Gasteiger partial charge in [-0.1, -0.05) is 88.7 Å². The molecule has 0 radical (unpaired) electrons. The zero-order valence-electron chi connectivity index (χ0n) is 18.3. The number of unbranched alkanes of at least 4 members (excludes halogenated alkanes) is 11. The van der Waals surface area contributed by atoms with Gasteiger partial charge >= 0.3 is 0 Å². The van der Waals surface area contributed by atoms with E-state index in [9.17, 15) is 15.3 Å². The van der Waals surface area contributed by atoms with Crippen LogP contribution in [-0.2, 0) is 0 Å². The topological polar surface area (TPSA) is 80.9 Å². The molecule has 0 aliphatic carbocycles. The van der Waals surface area contributed by atoms with E-state index in [-0.39, 0.29) is 6.61 Å². The number of allylic oxidation sites excluding steroid dienone is 2. The summed E-state index contributed by atoms with van der Waals surface area (Å²) in [7, 11) is 0. The van der Waals surface area contributed by atoms with Crippen molar-refractivity contribution in [2.75, 3.05) is 6.61 Å². The van der Waals surface area contributed by atoms with Gasteiger partial charge in [-0.3, -0.25) is 0 Å². The fraction of sp³-hybridized carbons (Fsp3) is 0.760. The Morgan fingerprint density at radius 3 is 1.86 bits per heavy atom. The Balaban J connectivity index is 3.57. The Morgan fingerprint density at radius 2 is 1.28 bits per heavy atom. The molecule has 29 heavy (non-hydrogen) atoms. The Bertz CT molecular complexity index is 506. The number of aliphatic hydroxyl groups excluding tert-OH is 4. The van der Waals surface area contributed by atoms with Crippen molar-refractivity contribution in [3.8, 4) is 23.7 Å². The van der Waals surface area contributed by atoms with E-state index in [0.717, 1.165) is 25.7 Å². The third-order valence-electron chi connectivity index (χ3n) is 4.93. The molecule has 0 aliphatic rings. The molecule has 0 saturated carbocycles. The largest absolute Gasteiger partial charge is 0.390 e. The van der Waals surface area contributed by atoms with Crippen molar-refractivity contribution >= 4 is 0 Å². The van der Waals surface area contributed by atoms with Crippen molar-refractivity contribution in [3.05, 3.63) is 12.2 Å². The van der Waals surface area contributed by atoms with Gasteiger partial charge in [-0.15, -0.1) is 0 Å². The van der Waals surface area contributed by atoms with Gasteiger partial charge in [0.2, 0.25) is 0 Å². The smallest absolute Gasteiger partial charge is 0.144 e. The monoisotopic (exact) mass is 406 g/mol. The molecular weight excluding hydrogens is 364 g/mol. The number of aliphatic hydroxyl groups is 4. The Morgan fingerprint density at radius 1 is 0.724 bits per heavy atom. The van der Waals surface area contributed by atoms with E-state index in [1.165, 1.54) is 57.8 Å². The number of hydrogen-bond donors (Lipinski definition) is 4. The lowest BCUT2D eigenvalue weighted by atomic mass is 10.0. The molecule has 0 saturated heterocycles. The molecular formula is C25H42O4. The third-order valence-corrected chi connectivity index (χ3v) is 4.93. The lowest BCUT2D eigenvalue weighted by molar-refractivity contribution is -0.0415. The van der Waals surface area contributed by atoms with E-state index in [0.29, 0.717) is 6.42 Å². The minimum atomic E-state index is -1.33. The van der Waals surface area contributed by atoms with E-state index in [1.54, 1.807) is 0 Å². The standard InChI is InChI=1S/C25H42O4/c1-2-3-4-5-6-7-8-9-10-11-12-13-14-15-17-20-23(27)25(29)24(28)21-18-16-19-22-26/h9-10,23-29H,2-8,11-15,17,20,22H2,1H3/t23-,24+,25+/m0/s1. The van der Waals surface area contributed by atoms with Gasteiger partial charge in [0.25, 0.3) is 0 Å². The van der Waals surface area contributed by atoms with Crippen LogP contribution in [0, 0.1) is 23.7 Å². The summed E-state index contributed by atoms with van der Waals surface area (Å²) >= 11 is 0. The van der Waals surface area contributed by atoms with Gasteiger partial charge in [0.1, 0.15) is 18.8 Å². The number of rotatable bonds is 17. The van der Waals surface area contributed by atoms with Crippen LogP contribution in [0.2, 0.25) is 0 Å². The van der Waals surface area contributed by atoms with E-state index in [1.807, 2.05) is 0 Å². The predicted octanol–water partition coefficient (Wildman–Crippen LogP) is 4.11. The first kappa shape index (κ1) is 27.7. The second-order valence-electron chi connectivity index (χ2n) is 7.60. The maximum atomic E-state index is 9.93. The second-order valence-corrected chi connectivity index (χ2v) is 7.60. The molecule has 4 heteroatoms. The van der Waals surface area contributed by atoms with Crippen LogP contribution in [0.3, 0.4) is 0 Å². The average Bonchev–Trinajstić information content (AvgIpc) is 2.73. The summed E-state index contributed by atoms with van der Waals surface area (Å²) < 4.78 is 0. The van der Waals surface area contributed by atoms with Crippen LogP contribution >= 0.6 is 0 Å². The summed E-state index contributed by atoms with van der Waals surface area (Å²) in [6, 6.07) is 0. The molecule has 4 N–H and O–H groups in total. The van der Waals surface area contributed by atoms with Crippen LogP contribution in [0.25, 0.3) is 0 Å². The highest BCUT2D eigenvalue weighted by Gasteiger charge is 2.22. The third kappa shape index (κ3) is 18.5. The zero-order chi connectivity index (χ0) is 21.6. The van der Waals surface area contributed by atoms with Gasteiger partial charge in [0.15, 0.2) is 0 Å². The predicted molar refractivity (Wildman–Crippen MR) is 120 cm³/mol. The van der Waals surface area contributed by atoms with E-state index >= 15 is 0 Å². The summed E-state index contributed by atoms with van der Waals surface area (Å²) in [4.78, 5) is 0. The Hall–Kier alpha value is -1.30. The fourth-order valence-electron chi connectivity index (χ4n) is 3.08. The summed E-state index contributed by atoms with van der Waals surface area (Å²) in [5, 5.41) is 38.0. The lowest BCUT2D eigenvalue weighted by Gasteiger charge is -2.19. The first-order valence-electron chi connectivity index (χ1n) is 11.4. The molecule has 0 spiro atoms. The molecule has 0 heterocycles. The van der Waals surface area contributed by atoms with Crippen molar-refractivity contribution in [3.63, 3.8) is 0 Å². The highest BCUT2D eigenvalue weighted by Crippen LogP contribution is 2.13. The molecule has 0 rings (SSSR count). The van der Waals surface area contributed by atoms with Crippen molar-refractivity contribution in [1.82, 2.24) is 0 Å². The highest BCUT2D eigenvalue weighted by molar-refractivity contribution is 5.27. The van der Waals surface area contributed by atoms with E-state index < -0.39 is 18.3 Å². The van der Waals surface area contributed by atoms with Crippen LogP contribution in [-0.4, -0.2) is 45.3 Å². The molecule has 0 unspecified atom stereocenters. The second kappa shape index (κ2) is 21.4. The summed E-state index contributed by atoms with van der Waals surface area (Å²) in [6.07, 6.45) is 17.2. The minimum absolute atomic E-state index is 0.300. The first-order valence-corrected chi connectivity index (χ1v) is 11.4. The van der Waals surface area contributed by atoms with Gasteiger partial charge in [-0.05, 0) is 43.9 Å².